The highest BCUT2D eigenvalue weighted by Gasteiger charge is 2.15. The van der Waals surface area contributed by atoms with Crippen LogP contribution in [0.1, 0.15) is 5.69 Å². The Bertz CT molecular complexity index is 750. The lowest BCUT2D eigenvalue weighted by Crippen LogP contribution is -1.94. The molecule has 0 amide bonds. The quantitative estimate of drug-likeness (QED) is 0.797. The number of pyridine rings is 1. The molecule has 2 aromatic heterocycles. The minimum atomic E-state index is -0.415. The van der Waals surface area contributed by atoms with Crippen molar-refractivity contribution >= 4 is 5.65 Å². The molecule has 0 atom stereocenters. The maximum absolute atomic E-state index is 13.8. The number of aliphatic hydroxyl groups excluding tert-OH is 1. The molecule has 0 bridgehead atoms. The van der Waals surface area contributed by atoms with Gasteiger partial charge in [-0.2, -0.15) is 0 Å². The van der Waals surface area contributed by atoms with Crippen LogP contribution < -0.4 is 4.74 Å². The third-order valence-corrected chi connectivity index (χ3v) is 3.21. The minimum absolute atomic E-state index is 0.211. The Kier molecular flexibility index (Phi) is 3.12. The molecule has 1 N–H and O–H groups in total. The van der Waals surface area contributed by atoms with Crippen molar-refractivity contribution in [3.8, 4) is 17.0 Å². The summed E-state index contributed by atoms with van der Waals surface area (Å²) in [6, 6.07) is 10.2. The van der Waals surface area contributed by atoms with Crippen molar-refractivity contribution in [3.63, 3.8) is 0 Å². The lowest BCUT2D eigenvalue weighted by atomic mass is 10.1. The number of hydrogen-bond acceptors (Lipinski definition) is 3. The molecule has 3 rings (SSSR count). The zero-order chi connectivity index (χ0) is 14.1. The van der Waals surface area contributed by atoms with Crippen molar-refractivity contribution in [1.29, 1.82) is 0 Å². The SMILES string of the molecule is COc1ccc(-c2nc3c(F)cccn3c2CO)cc1. The number of nitrogens with zero attached hydrogens (tertiary/aromatic N) is 2. The average molecular weight is 272 g/mol. The number of rotatable bonds is 3. The summed E-state index contributed by atoms with van der Waals surface area (Å²) in [5.41, 5.74) is 2.14. The van der Waals surface area contributed by atoms with E-state index in [2.05, 4.69) is 4.98 Å². The van der Waals surface area contributed by atoms with E-state index in [0.717, 1.165) is 11.3 Å². The van der Waals surface area contributed by atoms with Gasteiger partial charge in [-0.3, -0.25) is 4.40 Å². The lowest BCUT2D eigenvalue weighted by Gasteiger charge is -2.03. The van der Waals surface area contributed by atoms with Crippen LogP contribution >= 0.6 is 0 Å². The summed E-state index contributed by atoms with van der Waals surface area (Å²) < 4.78 is 20.4. The Morgan fingerprint density at radius 1 is 1.25 bits per heavy atom. The number of methoxy groups -OCH3 is 1. The maximum atomic E-state index is 13.8. The molecule has 0 saturated carbocycles. The summed E-state index contributed by atoms with van der Waals surface area (Å²) in [6.07, 6.45) is 1.68. The van der Waals surface area contributed by atoms with Crippen molar-refractivity contribution in [2.75, 3.05) is 7.11 Å². The van der Waals surface area contributed by atoms with Crippen molar-refractivity contribution in [2.45, 2.75) is 6.61 Å². The zero-order valence-electron chi connectivity index (χ0n) is 10.9. The molecule has 5 heteroatoms. The molecule has 0 spiro atoms. The summed E-state index contributed by atoms with van der Waals surface area (Å²) in [7, 11) is 1.59. The highest BCUT2D eigenvalue weighted by atomic mass is 19.1. The second-order valence-electron chi connectivity index (χ2n) is 4.34. The van der Waals surface area contributed by atoms with E-state index in [9.17, 15) is 9.50 Å². The first-order valence-electron chi connectivity index (χ1n) is 6.15. The predicted octanol–water partition coefficient (Wildman–Crippen LogP) is 2.64. The van der Waals surface area contributed by atoms with Gasteiger partial charge in [0.25, 0.3) is 0 Å². The molecule has 20 heavy (non-hydrogen) atoms. The second kappa shape index (κ2) is 4.94. The van der Waals surface area contributed by atoms with E-state index in [1.54, 1.807) is 35.9 Å². The van der Waals surface area contributed by atoms with Crippen LogP contribution in [0.2, 0.25) is 0 Å². The fraction of sp³-hybridized carbons (Fsp3) is 0.133. The molecule has 0 unspecified atom stereocenters. The number of aliphatic hydroxyl groups is 1. The van der Waals surface area contributed by atoms with Gasteiger partial charge in [0.15, 0.2) is 11.5 Å². The fourth-order valence-electron chi connectivity index (χ4n) is 2.21. The molecule has 0 saturated heterocycles. The van der Waals surface area contributed by atoms with Crippen molar-refractivity contribution in [2.24, 2.45) is 0 Å². The largest absolute Gasteiger partial charge is 0.497 e. The van der Waals surface area contributed by atoms with Crippen LogP contribution in [0.25, 0.3) is 16.9 Å². The number of aromatic nitrogens is 2. The second-order valence-corrected chi connectivity index (χ2v) is 4.34. The van der Waals surface area contributed by atoms with E-state index >= 15 is 0 Å². The fourth-order valence-corrected chi connectivity index (χ4v) is 2.21. The van der Waals surface area contributed by atoms with Gasteiger partial charge in [-0.1, -0.05) is 0 Å². The highest BCUT2D eigenvalue weighted by molar-refractivity contribution is 5.67. The first-order chi connectivity index (χ1) is 9.74. The molecule has 0 aliphatic carbocycles. The average Bonchev–Trinajstić information content (AvgIpc) is 2.87. The van der Waals surface area contributed by atoms with Crippen LogP contribution in [-0.4, -0.2) is 21.6 Å². The zero-order valence-corrected chi connectivity index (χ0v) is 10.9. The third kappa shape index (κ3) is 1.92. The molecule has 0 fully saturated rings. The Labute approximate surface area is 115 Å². The Morgan fingerprint density at radius 3 is 2.65 bits per heavy atom. The molecular weight excluding hydrogens is 259 g/mol. The van der Waals surface area contributed by atoms with Crippen molar-refractivity contribution < 1.29 is 14.2 Å². The van der Waals surface area contributed by atoms with E-state index < -0.39 is 5.82 Å². The van der Waals surface area contributed by atoms with Gasteiger partial charge in [-0.15, -0.1) is 0 Å². The third-order valence-electron chi connectivity index (χ3n) is 3.21. The summed E-state index contributed by atoms with van der Waals surface area (Å²) in [6.45, 7) is -0.216. The van der Waals surface area contributed by atoms with Crippen LogP contribution in [0.4, 0.5) is 4.39 Å². The molecule has 2 heterocycles. The minimum Gasteiger partial charge on any atom is -0.497 e. The summed E-state index contributed by atoms with van der Waals surface area (Å²) >= 11 is 0. The summed E-state index contributed by atoms with van der Waals surface area (Å²) in [4.78, 5) is 4.30. The van der Waals surface area contributed by atoms with Crippen molar-refractivity contribution in [3.05, 3.63) is 54.1 Å². The van der Waals surface area contributed by atoms with Gasteiger partial charge >= 0.3 is 0 Å². The number of benzene rings is 1. The van der Waals surface area contributed by atoms with E-state index in [1.165, 1.54) is 6.07 Å². The molecule has 4 nitrogen and oxygen atoms in total. The monoisotopic (exact) mass is 272 g/mol. The Hall–Kier alpha value is -2.40. The topological polar surface area (TPSA) is 46.8 Å². The van der Waals surface area contributed by atoms with Gasteiger partial charge in [0, 0.05) is 11.8 Å². The molecule has 0 aliphatic heterocycles. The van der Waals surface area contributed by atoms with Crippen LogP contribution in [0.15, 0.2) is 42.6 Å². The van der Waals surface area contributed by atoms with Crippen LogP contribution in [-0.2, 0) is 6.61 Å². The number of hydrogen-bond donors (Lipinski definition) is 1. The molecule has 102 valence electrons. The summed E-state index contributed by atoms with van der Waals surface area (Å²) in [5, 5.41) is 9.55. The first kappa shape index (κ1) is 12.6. The highest BCUT2D eigenvalue weighted by Crippen LogP contribution is 2.27. The van der Waals surface area contributed by atoms with Gasteiger partial charge < -0.3 is 9.84 Å². The first-order valence-corrected chi connectivity index (χ1v) is 6.15. The van der Waals surface area contributed by atoms with E-state index in [1.807, 2.05) is 12.1 Å². The van der Waals surface area contributed by atoms with Gasteiger partial charge in [0.05, 0.1) is 25.1 Å². The Balaban J connectivity index is 2.21. The van der Waals surface area contributed by atoms with Gasteiger partial charge in [0.2, 0.25) is 0 Å². The lowest BCUT2D eigenvalue weighted by molar-refractivity contribution is 0.276. The predicted molar refractivity (Wildman–Crippen MR) is 73.1 cm³/mol. The molecule has 0 aliphatic rings. The van der Waals surface area contributed by atoms with Crippen LogP contribution in [0.3, 0.4) is 0 Å². The van der Waals surface area contributed by atoms with Gasteiger partial charge in [0.1, 0.15) is 5.75 Å². The number of fused-ring (bicyclic) bond motifs is 1. The molecule has 0 radical (unpaired) electrons. The van der Waals surface area contributed by atoms with E-state index in [4.69, 9.17) is 4.74 Å². The molecule has 3 aromatic rings. The number of imidazole rings is 1. The van der Waals surface area contributed by atoms with Crippen LogP contribution in [0, 0.1) is 5.82 Å². The number of ether oxygens (including phenoxy) is 1. The van der Waals surface area contributed by atoms with Crippen LogP contribution in [0.5, 0.6) is 5.75 Å². The van der Waals surface area contributed by atoms with Gasteiger partial charge in [-0.05, 0) is 36.4 Å². The van der Waals surface area contributed by atoms with E-state index in [-0.39, 0.29) is 12.3 Å². The van der Waals surface area contributed by atoms with E-state index in [0.29, 0.717) is 11.4 Å². The maximum Gasteiger partial charge on any atom is 0.174 e. The standard InChI is InChI=1S/C15H13FN2O2/c1-20-11-6-4-10(5-7-11)14-13(9-19)18-8-2-3-12(16)15(18)17-14/h2-8,19H,9H2,1H3. The normalized spacial score (nSPS) is 10.9. The van der Waals surface area contributed by atoms with Gasteiger partial charge in [-0.25, -0.2) is 9.37 Å². The molecule has 1 aromatic carbocycles. The smallest absolute Gasteiger partial charge is 0.174 e. The Morgan fingerprint density at radius 2 is 2.00 bits per heavy atom. The summed E-state index contributed by atoms with van der Waals surface area (Å²) in [5.74, 6) is 0.316. The van der Waals surface area contributed by atoms with Crippen molar-refractivity contribution in [1.82, 2.24) is 9.38 Å². The number of halogens is 1. The molecular formula is C15H13FN2O2.